The van der Waals surface area contributed by atoms with Gasteiger partial charge in [-0.1, -0.05) is 0 Å². The lowest BCUT2D eigenvalue weighted by Gasteiger charge is -2.36. The van der Waals surface area contributed by atoms with Crippen molar-refractivity contribution in [2.45, 2.75) is 25.7 Å². The average molecular weight is 411 g/mol. The molecule has 1 aliphatic rings. The number of hydrogen-bond donors (Lipinski definition) is 1. The maximum absolute atomic E-state index is 12.9. The summed E-state index contributed by atoms with van der Waals surface area (Å²) in [6.07, 6.45) is 2.28. The molecule has 0 saturated heterocycles. The van der Waals surface area contributed by atoms with Crippen LogP contribution in [-0.4, -0.2) is 55.8 Å². The van der Waals surface area contributed by atoms with E-state index in [1.165, 1.54) is 6.20 Å². The standard InChI is InChI=1S/C21H26N6O3/c1-26(2)13-16-10-15-6-5-9-27(21(23)28,17-8-7-14(11-22)12-24-17)19(15)25-18(16)20(29-3)30-4/h7-8,10,12,20H,5-6,9,13H2,1-4H3,(H-,23,28)/p+1. The predicted molar refractivity (Wildman–Crippen MR) is 112 cm³/mol. The molecule has 9 nitrogen and oxygen atoms in total. The molecule has 0 radical (unpaired) electrons. The van der Waals surface area contributed by atoms with E-state index in [0.717, 1.165) is 24.0 Å². The molecule has 0 spiro atoms. The molecule has 2 aromatic heterocycles. The number of rotatable bonds is 6. The highest BCUT2D eigenvalue weighted by molar-refractivity contribution is 5.92. The molecule has 2 aromatic rings. The van der Waals surface area contributed by atoms with Gasteiger partial charge in [0, 0.05) is 38.8 Å². The zero-order valence-electron chi connectivity index (χ0n) is 17.8. The Morgan fingerprint density at radius 2 is 2.10 bits per heavy atom. The van der Waals surface area contributed by atoms with E-state index in [0.29, 0.717) is 36.0 Å². The first-order chi connectivity index (χ1) is 14.4. The van der Waals surface area contributed by atoms with Crippen LogP contribution < -0.4 is 10.2 Å². The third-order valence-electron chi connectivity index (χ3n) is 5.27. The number of nitriles is 1. The number of methoxy groups -OCH3 is 2. The summed E-state index contributed by atoms with van der Waals surface area (Å²) in [4.78, 5) is 24.2. The number of carbonyl (C=O) groups excluding carboxylic acids is 1. The first kappa shape index (κ1) is 21.8. The van der Waals surface area contributed by atoms with Gasteiger partial charge in [0.2, 0.25) is 17.9 Å². The van der Waals surface area contributed by atoms with Gasteiger partial charge in [0.15, 0.2) is 0 Å². The molecule has 1 unspecified atom stereocenters. The molecule has 158 valence electrons. The molecule has 2 N–H and O–H groups in total. The van der Waals surface area contributed by atoms with Crippen molar-refractivity contribution in [3.63, 3.8) is 0 Å². The third kappa shape index (κ3) is 3.78. The van der Waals surface area contributed by atoms with Crippen molar-refractivity contribution in [3.8, 4) is 6.07 Å². The second-order valence-electron chi connectivity index (χ2n) is 7.55. The molecular weight excluding hydrogens is 384 g/mol. The Morgan fingerprint density at radius 1 is 1.37 bits per heavy atom. The monoisotopic (exact) mass is 411 g/mol. The Hall–Kier alpha value is -2.90. The number of aromatic nitrogens is 2. The number of primary amides is 1. The van der Waals surface area contributed by atoms with E-state index in [1.54, 1.807) is 26.4 Å². The molecule has 1 aliphatic heterocycles. The fraction of sp³-hybridized carbons (Fsp3) is 0.429. The highest BCUT2D eigenvalue weighted by Crippen LogP contribution is 2.41. The van der Waals surface area contributed by atoms with Crippen molar-refractivity contribution in [2.24, 2.45) is 5.73 Å². The van der Waals surface area contributed by atoms with Crippen LogP contribution in [0.4, 0.5) is 16.4 Å². The lowest BCUT2D eigenvalue weighted by atomic mass is 9.99. The van der Waals surface area contributed by atoms with Crippen molar-refractivity contribution in [3.05, 3.63) is 46.8 Å². The highest BCUT2D eigenvalue weighted by Gasteiger charge is 2.47. The van der Waals surface area contributed by atoms with E-state index in [9.17, 15) is 4.79 Å². The Morgan fingerprint density at radius 3 is 2.63 bits per heavy atom. The number of pyridine rings is 2. The summed E-state index contributed by atoms with van der Waals surface area (Å²) in [5, 5.41) is 9.09. The number of amides is 2. The summed E-state index contributed by atoms with van der Waals surface area (Å²) < 4.78 is 10.7. The molecule has 0 saturated carbocycles. The first-order valence-electron chi connectivity index (χ1n) is 9.65. The van der Waals surface area contributed by atoms with Crippen LogP contribution >= 0.6 is 0 Å². The van der Waals surface area contributed by atoms with Crippen LogP contribution in [0.3, 0.4) is 0 Å². The maximum atomic E-state index is 12.9. The Labute approximate surface area is 176 Å². The lowest BCUT2D eigenvalue weighted by molar-refractivity contribution is -0.109. The second kappa shape index (κ2) is 8.85. The zero-order valence-corrected chi connectivity index (χ0v) is 17.8. The number of urea groups is 1. The Kier molecular flexibility index (Phi) is 6.43. The van der Waals surface area contributed by atoms with Crippen molar-refractivity contribution in [2.75, 3.05) is 34.9 Å². The Balaban J connectivity index is 2.26. The summed E-state index contributed by atoms with van der Waals surface area (Å²) in [6, 6.07) is 6.83. The number of fused-ring (bicyclic) bond motifs is 1. The number of quaternary nitrogens is 1. The quantitative estimate of drug-likeness (QED) is 0.573. The third-order valence-corrected chi connectivity index (χ3v) is 5.27. The van der Waals surface area contributed by atoms with Crippen molar-refractivity contribution >= 4 is 17.7 Å². The first-order valence-corrected chi connectivity index (χ1v) is 9.65. The van der Waals surface area contributed by atoms with Crippen molar-refractivity contribution in [1.29, 1.82) is 5.26 Å². The molecule has 0 bridgehead atoms. The van der Waals surface area contributed by atoms with Gasteiger partial charge >= 0.3 is 6.03 Å². The van der Waals surface area contributed by atoms with Gasteiger partial charge in [-0.2, -0.15) is 10.2 Å². The smallest absolute Gasteiger partial charge is 0.350 e. The molecular formula is C21H27N6O3+. The lowest BCUT2D eigenvalue weighted by Crippen LogP contribution is -2.56. The Bertz CT molecular complexity index is 966. The minimum absolute atomic E-state index is 0.309. The van der Waals surface area contributed by atoms with Gasteiger partial charge in [-0.3, -0.25) is 0 Å². The highest BCUT2D eigenvalue weighted by atomic mass is 16.7. The van der Waals surface area contributed by atoms with Crippen molar-refractivity contribution < 1.29 is 14.3 Å². The molecule has 2 amide bonds. The molecule has 3 rings (SSSR count). The minimum atomic E-state index is -0.684. The molecule has 9 heteroatoms. The average Bonchev–Trinajstić information content (AvgIpc) is 2.74. The topological polar surface area (TPSA) is 114 Å². The van der Waals surface area contributed by atoms with Crippen LogP contribution in [-0.2, 0) is 22.4 Å². The van der Waals surface area contributed by atoms with E-state index in [1.807, 2.05) is 25.1 Å². The van der Waals surface area contributed by atoms with Gasteiger partial charge < -0.3 is 20.1 Å². The van der Waals surface area contributed by atoms with Gasteiger partial charge in [-0.25, -0.2) is 9.78 Å². The zero-order chi connectivity index (χ0) is 21.9. The van der Waals surface area contributed by atoms with Crippen LogP contribution in [0.15, 0.2) is 24.4 Å². The van der Waals surface area contributed by atoms with Gasteiger partial charge in [0.1, 0.15) is 18.3 Å². The summed E-state index contributed by atoms with van der Waals surface area (Å²) >= 11 is 0. The fourth-order valence-corrected chi connectivity index (χ4v) is 3.95. The summed E-state index contributed by atoms with van der Waals surface area (Å²) in [6.45, 7) is 1.08. The van der Waals surface area contributed by atoms with Gasteiger partial charge in [0.25, 0.3) is 0 Å². The van der Waals surface area contributed by atoms with E-state index in [4.69, 9.17) is 25.5 Å². The van der Waals surface area contributed by atoms with Crippen LogP contribution in [0.5, 0.6) is 0 Å². The van der Waals surface area contributed by atoms with Crippen molar-refractivity contribution in [1.82, 2.24) is 19.4 Å². The predicted octanol–water partition coefficient (Wildman–Crippen LogP) is 2.37. The molecule has 30 heavy (non-hydrogen) atoms. The van der Waals surface area contributed by atoms with Gasteiger partial charge in [-0.15, -0.1) is 4.48 Å². The van der Waals surface area contributed by atoms with Gasteiger partial charge in [0.05, 0.1) is 11.8 Å². The second-order valence-corrected chi connectivity index (χ2v) is 7.55. The molecule has 0 fully saturated rings. The summed E-state index contributed by atoms with van der Waals surface area (Å²) in [7, 11) is 7.05. The van der Waals surface area contributed by atoms with E-state index in [2.05, 4.69) is 11.1 Å². The molecule has 3 heterocycles. The maximum Gasteiger partial charge on any atom is 0.426 e. The number of nitrogens with zero attached hydrogens (tertiary/aromatic N) is 5. The number of nitrogens with two attached hydrogens (primary N) is 1. The van der Waals surface area contributed by atoms with E-state index in [-0.39, 0.29) is 4.48 Å². The molecule has 0 aromatic carbocycles. The van der Waals surface area contributed by atoms with Crippen LogP contribution in [0.1, 0.15) is 35.1 Å². The fourth-order valence-electron chi connectivity index (χ4n) is 3.95. The van der Waals surface area contributed by atoms with E-state index >= 15 is 0 Å². The number of ether oxygens (including phenoxy) is 2. The van der Waals surface area contributed by atoms with Crippen LogP contribution in [0, 0.1) is 11.3 Å². The van der Waals surface area contributed by atoms with Crippen LogP contribution in [0.25, 0.3) is 0 Å². The SMILES string of the molecule is COC(OC)c1nc2c(cc1CN(C)C)CCC[N+]2(C(N)=O)c1ccc(C#N)cn1. The summed E-state index contributed by atoms with van der Waals surface area (Å²) in [5.41, 5.74) is 8.87. The van der Waals surface area contributed by atoms with Gasteiger partial charge in [-0.05, 0) is 38.2 Å². The van der Waals surface area contributed by atoms with Crippen LogP contribution in [0.2, 0.25) is 0 Å². The minimum Gasteiger partial charge on any atom is -0.350 e. The summed E-state index contributed by atoms with van der Waals surface area (Å²) in [5.74, 6) is 0.968. The molecule has 0 aliphatic carbocycles. The number of carbonyl (C=O) groups is 1. The normalized spacial score (nSPS) is 18.3. The number of aryl methyl sites for hydroxylation is 1. The largest absolute Gasteiger partial charge is 0.426 e. The molecule has 1 atom stereocenters. The van der Waals surface area contributed by atoms with E-state index < -0.39 is 12.3 Å². The number of hydrogen-bond acceptors (Lipinski definition) is 7.